The predicted molar refractivity (Wildman–Crippen MR) is 212 cm³/mol. The minimum atomic E-state index is -6.23. The van der Waals surface area contributed by atoms with Crippen molar-refractivity contribution in [2.75, 3.05) is 0 Å². The highest BCUT2D eigenvalue weighted by Gasteiger charge is 2.48. The molecular weight excluding hydrogens is 752 g/mol. The Balaban J connectivity index is 0. The summed E-state index contributed by atoms with van der Waals surface area (Å²) in [4.78, 5) is 0. The van der Waals surface area contributed by atoms with E-state index in [0.717, 1.165) is 11.8 Å². The standard InChI is InChI=1S/2C20H39N2.C2H2F4O3S.ClH/c2*1-20(2)15-13-11-9-7-5-4-6-8-10-12-14-16-22-18-17-21(3)19-22;3-1(4)2(5,6)10(7,8)9;/h2*17-20H,4-16H2,1-3H3;1H,(H,7,8,9);1H/q2*+1;;/p-2. The van der Waals surface area contributed by atoms with Crippen LogP contribution in [0.4, 0.5) is 17.6 Å². The molecule has 0 atom stereocenters. The molecule has 0 amide bonds. The van der Waals surface area contributed by atoms with Gasteiger partial charge in [0.25, 0.3) is 0 Å². The highest BCUT2D eigenvalue weighted by Crippen LogP contribution is 2.27. The molecule has 0 N–H and O–H groups in total. The average molecular weight is 832 g/mol. The minimum absolute atomic E-state index is 0. The summed E-state index contributed by atoms with van der Waals surface area (Å²) in [6.07, 6.45) is 42.8. The van der Waals surface area contributed by atoms with E-state index in [9.17, 15) is 30.5 Å². The van der Waals surface area contributed by atoms with Gasteiger partial charge in [0.15, 0.2) is 10.1 Å². The topological polar surface area (TPSA) is 74.8 Å². The molecular formula is C42H79ClF4N4O3S. The Morgan fingerprint density at radius 1 is 0.545 bits per heavy atom. The van der Waals surface area contributed by atoms with E-state index in [1.165, 1.54) is 167 Å². The molecule has 0 saturated carbocycles. The second kappa shape index (κ2) is 34.4. The van der Waals surface area contributed by atoms with Gasteiger partial charge in [0.1, 0.15) is 24.8 Å². The normalized spacial score (nSPS) is 11.7. The zero-order chi connectivity index (χ0) is 40.7. The van der Waals surface area contributed by atoms with Crippen LogP contribution in [0.25, 0.3) is 0 Å². The molecule has 2 rings (SSSR count). The Morgan fingerprint density at radius 2 is 0.800 bits per heavy atom. The van der Waals surface area contributed by atoms with Crippen molar-refractivity contribution < 1.29 is 52.1 Å². The molecule has 0 fully saturated rings. The van der Waals surface area contributed by atoms with E-state index >= 15 is 0 Å². The summed E-state index contributed by atoms with van der Waals surface area (Å²) in [5, 5.41) is -5.48. The van der Waals surface area contributed by atoms with Gasteiger partial charge in [-0.05, 0) is 37.5 Å². The number of hydrogen-bond acceptors (Lipinski definition) is 3. The summed E-state index contributed by atoms with van der Waals surface area (Å²) in [6, 6.07) is 0. The number of rotatable bonds is 30. The first-order chi connectivity index (χ1) is 25.6. The van der Waals surface area contributed by atoms with Gasteiger partial charge in [0.05, 0.1) is 27.2 Å². The van der Waals surface area contributed by atoms with Gasteiger partial charge < -0.3 is 17.0 Å². The lowest BCUT2D eigenvalue weighted by Gasteiger charge is -2.17. The number of hydrogen-bond donors (Lipinski definition) is 0. The smallest absolute Gasteiger partial charge is 0.393 e. The number of aryl methyl sites for hydroxylation is 4. The first-order valence-electron chi connectivity index (χ1n) is 21.2. The fourth-order valence-electron chi connectivity index (χ4n) is 6.25. The van der Waals surface area contributed by atoms with Crippen molar-refractivity contribution in [1.82, 2.24) is 9.13 Å². The van der Waals surface area contributed by atoms with Crippen molar-refractivity contribution in [1.29, 1.82) is 0 Å². The molecule has 0 bridgehead atoms. The van der Waals surface area contributed by atoms with Gasteiger partial charge >= 0.3 is 11.7 Å². The molecule has 0 radical (unpaired) electrons. The Bertz CT molecular complexity index is 1170. The number of aromatic nitrogens is 4. The highest BCUT2D eigenvalue weighted by atomic mass is 35.5. The molecule has 0 aliphatic carbocycles. The molecule has 0 aliphatic rings. The van der Waals surface area contributed by atoms with Crippen LogP contribution in [0.15, 0.2) is 37.4 Å². The third-order valence-electron chi connectivity index (χ3n) is 9.63. The lowest BCUT2D eigenvalue weighted by Crippen LogP contribution is -3.00. The number of imidazole rings is 2. The van der Waals surface area contributed by atoms with E-state index in [-0.39, 0.29) is 12.4 Å². The van der Waals surface area contributed by atoms with Crippen molar-refractivity contribution in [2.45, 2.75) is 207 Å². The molecule has 55 heavy (non-hydrogen) atoms. The average Bonchev–Trinajstić information content (AvgIpc) is 3.71. The largest absolute Gasteiger partial charge is 1.00 e. The molecule has 0 saturated heterocycles. The van der Waals surface area contributed by atoms with Crippen LogP contribution in [0.1, 0.15) is 182 Å². The summed E-state index contributed by atoms with van der Waals surface area (Å²) < 4.78 is 81.5. The summed E-state index contributed by atoms with van der Waals surface area (Å²) in [7, 11) is -2.07. The maximum Gasteiger partial charge on any atom is 0.393 e. The van der Waals surface area contributed by atoms with Gasteiger partial charge in [-0.25, -0.2) is 35.5 Å². The fourth-order valence-corrected chi connectivity index (χ4v) is 6.47. The lowest BCUT2D eigenvalue weighted by atomic mass is 10.0. The van der Waals surface area contributed by atoms with Crippen molar-refractivity contribution in [3.05, 3.63) is 37.4 Å². The van der Waals surface area contributed by atoms with Crippen LogP contribution in [0, 0.1) is 11.8 Å². The Kier molecular flexibility index (Phi) is 34.7. The third-order valence-corrected chi connectivity index (χ3v) is 10.5. The highest BCUT2D eigenvalue weighted by molar-refractivity contribution is 7.86. The Morgan fingerprint density at radius 3 is 0.982 bits per heavy atom. The van der Waals surface area contributed by atoms with Crippen molar-refractivity contribution >= 4 is 10.1 Å². The first-order valence-corrected chi connectivity index (χ1v) is 22.6. The summed E-state index contributed by atoms with van der Waals surface area (Å²) in [6.45, 7) is 11.7. The lowest BCUT2D eigenvalue weighted by molar-refractivity contribution is -0.671. The van der Waals surface area contributed by atoms with Gasteiger partial charge in [-0.2, -0.15) is 8.78 Å². The summed E-state index contributed by atoms with van der Waals surface area (Å²) in [5.74, 6) is 1.78. The van der Waals surface area contributed by atoms with Crippen molar-refractivity contribution in [3.63, 3.8) is 0 Å². The molecule has 0 aliphatic heterocycles. The molecule has 13 heteroatoms. The van der Waals surface area contributed by atoms with Crippen molar-refractivity contribution in [2.24, 2.45) is 25.9 Å². The third kappa shape index (κ3) is 33.1. The van der Waals surface area contributed by atoms with Crippen LogP contribution in [-0.2, 0) is 37.3 Å². The van der Waals surface area contributed by atoms with E-state index in [4.69, 9.17) is 0 Å². The minimum Gasteiger partial charge on any atom is -1.00 e. The van der Waals surface area contributed by atoms with E-state index in [2.05, 4.69) is 97.5 Å². The fraction of sp³-hybridized carbons (Fsp3) is 0.857. The molecule has 7 nitrogen and oxygen atoms in total. The Labute approximate surface area is 340 Å². The maximum absolute atomic E-state index is 11.4. The van der Waals surface area contributed by atoms with Crippen LogP contribution in [0.3, 0.4) is 0 Å². The number of halogens is 5. The maximum atomic E-state index is 11.4. The zero-order valence-corrected chi connectivity index (χ0v) is 37.0. The molecule has 0 spiro atoms. The van der Waals surface area contributed by atoms with Crippen LogP contribution >= 0.6 is 0 Å². The predicted octanol–water partition coefficient (Wildman–Crippen LogP) is 8.69. The van der Waals surface area contributed by atoms with Gasteiger partial charge in [-0.15, -0.1) is 0 Å². The Hall–Kier alpha value is -1.66. The number of alkyl halides is 4. The summed E-state index contributed by atoms with van der Waals surface area (Å²) >= 11 is 0. The monoisotopic (exact) mass is 831 g/mol. The zero-order valence-electron chi connectivity index (χ0n) is 35.4. The van der Waals surface area contributed by atoms with Crippen molar-refractivity contribution in [3.8, 4) is 0 Å². The molecule has 2 aromatic heterocycles. The van der Waals surface area contributed by atoms with E-state index in [0.29, 0.717) is 0 Å². The number of nitrogens with zero attached hydrogens (tertiary/aromatic N) is 4. The number of unbranched alkanes of at least 4 members (excludes halogenated alkanes) is 20. The molecule has 2 heterocycles. The molecule has 0 aromatic carbocycles. The van der Waals surface area contributed by atoms with Gasteiger partial charge in [0, 0.05) is 0 Å². The van der Waals surface area contributed by atoms with Gasteiger partial charge in [-0.3, -0.25) is 0 Å². The molecule has 0 unspecified atom stereocenters. The second-order valence-electron chi connectivity index (χ2n) is 16.1. The molecule has 2 aromatic rings. The van der Waals surface area contributed by atoms with E-state index in [1.54, 1.807) is 0 Å². The summed E-state index contributed by atoms with van der Waals surface area (Å²) in [5.41, 5.74) is 0. The second-order valence-corrected chi connectivity index (χ2v) is 17.5. The van der Waals surface area contributed by atoms with Crippen LogP contribution < -0.4 is 21.5 Å². The van der Waals surface area contributed by atoms with Crippen LogP contribution in [-0.4, -0.2) is 33.8 Å². The van der Waals surface area contributed by atoms with Crippen LogP contribution in [0.5, 0.6) is 0 Å². The van der Waals surface area contributed by atoms with Gasteiger partial charge in [0.2, 0.25) is 12.7 Å². The van der Waals surface area contributed by atoms with E-state index in [1.807, 2.05) is 0 Å². The first kappa shape index (κ1) is 55.4. The van der Waals surface area contributed by atoms with E-state index < -0.39 is 21.8 Å². The van der Waals surface area contributed by atoms with Crippen LogP contribution in [0.2, 0.25) is 0 Å². The SMILES string of the molecule is CC(C)CCCCCCCCCCCCCn1cc[n+](C)c1.CC(C)CCCCCCCCCCCCCn1cc[n+](C)c1.O=S(=O)([O-])C(F)(F)C(F)F.[Cl-]. The molecule has 326 valence electrons. The quantitative estimate of drug-likeness (QED) is 0.0343. The van der Waals surface area contributed by atoms with Gasteiger partial charge in [-0.1, -0.05) is 156 Å².